The fraction of sp³-hybridized carbons (Fsp3) is 0.292. The first-order chi connectivity index (χ1) is 14.0. The molecule has 0 radical (unpaired) electrons. The second-order valence-electron chi connectivity index (χ2n) is 7.52. The molecule has 5 nitrogen and oxygen atoms in total. The molecule has 0 spiro atoms. The van der Waals surface area contributed by atoms with Crippen LogP contribution in [0.2, 0.25) is 0 Å². The molecule has 0 saturated carbocycles. The van der Waals surface area contributed by atoms with Crippen LogP contribution in [0.1, 0.15) is 35.7 Å². The SMILES string of the molecule is C=c1c(C(=O)C=O)c[nH]/c1=C/C=C(\C)C(=O)N1CCC(Cc2ccccc2)CC1. The topological polar surface area (TPSA) is 70.2 Å². The molecular weight excluding hydrogens is 364 g/mol. The summed E-state index contributed by atoms with van der Waals surface area (Å²) in [6.07, 6.45) is 8.27. The summed E-state index contributed by atoms with van der Waals surface area (Å²) in [5.74, 6) is 0.0283. The third-order valence-corrected chi connectivity index (χ3v) is 5.50. The van der Waals surface area contributed by atoms with Crippen LogP contribution in [-0.2, 0) is 16.0 Å². The Bertz CT molecular complexity index is 1030. The van der Waals surface area contributed by atoms with Gasteiger partial charge in [-0.1, -0.05) is 43.0 Å². The number of amides is 1. The smallest absolute Gasteiger partial charge is 0.249 e. The van der Waals surface area contributed by atoms with Gasteiger partial charge < -0.3 is 9.88 Å². The number of benzene rings is 1. The summed E-state index contributed by atoms with van der Waals surface area (Å²) < 4.78 is 0. The van der Waals surface area contributed by atoms with E-state index < -0.39 is 5.78 Å². The third kappa shape index (κ3) is 4.99. The maximum absolute atomic E-state index is 12.7. The van der Waals surface area contributed by atoms with Crippen molar-refractivity contribution in [1.82, 2.24) is 9.88 Å². The van der Waals surface area contributed by atoms with Crippen molar-refractivity contribution in [1.29, 1.82) is 0 Å². The molecule has 2 heterocycles. The molecule has 2 aromatic rings. The van der Waals surface area contributed by atoms with Crippen LogP contribution in [0.3, 0.4) is 0 Å². The molecule has 0 aliphatic carbocycles. The van der Waals surface area contributed by atoms with Gasteiger partial charge in [0.25, 0.3) is 0 Å². The maximum atomic E-state index is 12.7. The molecule has 5 heteroatoms. The van der Waals surface area contributed by atoms with Crippen molar-refractivity contribution in [3.8, 4) is 0 Å². The van der Waals surface area contributed by atoms with Crippen LogP contribution in [0.25, 0.3) is 12.7 Å². The van der Waals surface area contributed by atoms with Gasteiger partial charge in [-0.25, -0.2) is 0 Å². The molecule has 29 heavy (non-hydrogen) atoms. The van der Waals surface area contributed by atoms with Gasteiger partial charge in [-0.15, -0.1) is 0 Å². The van der Waals surface area contributed by atoms with Crippen LogP contribution in [0, 0.1) is 5.92 Å². The van der Waals surface area contributed by atoms with Crippen molar-refractivity contribution >= 4 is 30.6 Å². The average Bonchev–Trinajstić information content (AvgIpc) is 3.12. The number of ketones is 1. The molecule has 1 N–H and O–H groups in total. The molecule has 0 atom stereocenters. The lowest BCUT2D eigenvalue weighted by molar-refractivity contribution is -0.128. The summed E-state index contributed by atoms with van der Waals surface area (Å²) in [5.41, 5.74) is 2.23. The normalized spacial score (nSPS) is 16.1. The van der Waals surface area contributed by atoms with Crippen LogP contribution in [0.4, 0.5) is 0 Å². The Hall–Kier alpha value is -3.21. The number of hydrogen-bond acceptors (Lipinski definition) is 3. The number of likely N-dealkylation sites (tertiary alicyclic amines) is 1. The summed E-state index contributed by atoms with van der Waals surface area (Å²) in [6.45, 7) is 7.16. The number of aromatic amines is 1. The Morgan fingerprint density at radius 3 is 2.55 bits per heavy atom. The first-order valence-electron chi connectivity index (χ1n) is 9.87. The summed E-state index contributed by atoms with van der Waals surface area (Å²) >= 11 is 0. The second kappa shape index (κ2) is 9.32. The van der Waals surface area contributed by atoms with Gasteiger partial charge in [-0.2, -0.15) is 0 Å². The second-order valence-corrected chi connectivity index (χ2v) is 7.52. The van der Waals surface area contributed by atoms with Crippen LogP contribution in [0.5, 0.6) is 0 Å². The number of piperidine rings is 1. The van der Waals surface area contributed by atoms with E-state index in [1.807, 2.05) is 11.0 Å². The first-order valence-corrected chi connectivity index (χ1v) is 9.87. The highest BCUT2D eigenvalue weighted by atomic mass is 16.2. The fourth-order valence-corrected chi connectivity index (χ4v) is 3.72. The average molecular weight is 390 g/mol. The Morgan fingerprint density at radius 2 is 1.90 bits per heavy atom. The van der Waals surface area contributed by atoms with Crippen molar-refractivity contribution in [2.75, 3.05) is 13.1 Å². The predicted molar refractivity (Wildman–Crippen MR) is 114 cm³/mol. The molecule has 3 rings (SSSR count). The zero-order chi connectivity index (χ0) is 20.8. The molecule has 150 valence electrons. The van der Waals surface area contributed by atoms with Crippen molar-refractivity contribution in [3.05, 3.63) is 69.9 Å². The number of aromatic nitrogens is 1. The first kappa shape index (κ1) is 20.5. The summed E-state index contributed by atoms with van der Waals surface area (Å²) in [6, 6.07) is 10.5. The molecule has 1 amide bonds. The van der Waals surface area contributed by atoms with E-state index in [4.69, 9.17) is 0 Å². The molecule has 1 aliphatic heterocycles. The minimum Gasteiger partial charge on any atom is -0.360 e. The van der Waals surface area contributed by atoms with E-state index in [2.05, 4.69) is 35.8 Å². The van der Waals surface area contributed by atoms with E-state index in [1.165, 1.54) is 11.8 Å². The van der Waals surface area contributed by atoms with E-state index in [0.717, 1.165) is 32.4 Å². The van der Waals surface area contributed by atoms with Crippen LogP contribution in [-0.4, -0.2) is 40.9 Å². The number of aldehydes is 1. The van der Waals surface area contributed by atoms with E-state index in [-0.39, 0.29) is 17.8 Å². The predicted octanol–water partition coefficient (Wildman–Crippen LogP) is 2.01. The van der Waals surface area contributed by atoms with Gasteiger partial charge in [0, 0.05) is 35.4 Å². The third-order valence-electron chi connectivity index (χ3n) is 5.50. The number of nitrogens with one attached hydrogen (secondary N) is 1. The molecule has 1 aliphatic rings. The Balaban J connectivity index is 1.61. The van der Waals surface area contributed by atoms with Gasteiger partial charge in [-0.3, -0.25) is 14.4 Å². The van der Waals surface area contributed by atoms with E-state index in [0.29, 0.717) is 22.1 Å². The Labute approximate surface area is 170 Å². The summed E-state index contributed by atoms with van der Waals surface area (Å²) in [7, 11) is 0. The van der Waals surface area contributed by atoms with Gasteiger partial charge in [0.15, 0.2) is 6.29 Å². The number of nitrogens with zero attached hydrogens (tertiary/aromatic N) is 1. The van der Waals surface area contributed by atoms with Crippen molar-refractivity contribution in [2.45, 2.75) is 26.2 Å². The van der Waals surface area contributed by atoms with Crippen molar-refractivity contribution in [2.24, 2.45) is 5.92 Å². The quantitative estimate of drug-likeness (QED) is 0.355. The van der Waals surface area contributed by atoms with Gasteiger partial charge in [0.2, 0.25) is 11.7 Å². The molecule has 1 aromatic heterocycles. The number of carbonyl (C=O) groups excluding carboxylic acids is 3. The number of allylic oxidation sites excluding steroid dienone is 1. The van der Waals surface area contributed by atoms with Gasteiger partial charge in [0.05, 0.1) is 5.56 Å². The number of H-pyrrole nitrogens is 1. The molecule has 1 saturated heterocycles. The number of carbonyl (C=O) groups is 3. The zero-order valence-electron chi connectivity index (χ0n) is 16.7. The maximum Gasteiger partial charge on any atom is 0.249 e. The van der Waals surface area contributed by atoms with Crippen LogP contribution >= 0.6 is 0 Å². The minimum atomic E-state index is -0.610. The van der Waals surface area contributed by atoms with Gasteiger partial charge >= 0.3 is 0 Å². The zero-order valence-corrected chi connectivity index (χ0v) is 16.7. The number of hydrogen-bond donors (Lipinski definition) is 1. The van der Waals surface area contributed by atoms with Crippen LogP contribution in [0.15, 0.2) is 48.2 Å². The highest BCUT2D eigenvalue weighted by Gasteiger charge is 2.23. The van der Waals surface area contributed by atoms with E-state index in [9.17, 15) is 14.4 Å². The lowest BCUT2D eigenvalue weighted by atomic mass is 9.90. The van der Waals surface area contributed by atoms with Gasteiger partial charge in [-0.05, 0) is 43.7 Å². The van der Waals surface area contributed by atoms with Crippen molar-refractivity contribution in [3.63, 3.8) is 0 Å². The largest absolute Gasteiger partial charge is 0.360 e. The highest BCUT2D eigenvalue weighted by Crippen LogP contribution is 2.22. The number of Topliss-reactive ketones (excluding diaryl/α,β-unsaturated/α-hetero) is 1. The molecule has 0 bridgehead atoms. The Morgan fingerprint density at radius 1 is 1.21 bits per heavy atom. The summed E-state index contributed by atoms with van der Waals surface area (Å²) in [4.78, 5) is 39.8. The van der Waals surface area contributed by atoms with Crippen molar-refractivity contribution < 1.29 is 14.4 Å². The standard InChI is InChI=1S/C24H26N2O3/c1-17(8-9-22-18(2)21(15-25-22)23(28)16-27)24(29)26-12-10-20(11-13-26)14-19-6-4-3-5-7-19/h3-9,15-16,20,25H,2,10-14H2,1H3/b17-8+,22-9+. The molecule has 1 aromatic carbocycles. The number of rotatable bonds is 6. The monoisotopic (exact) mass is 390 g/mol. The fourth-order valence-electron chi connectivity index (χ4n) is 3.72. The van der Waals surface area contributed by atoms with Gasteiger partial charge in [0.1, 0.15) is 0 Å². The van der Waals surface area contributed by atoms with Crippen LogP contribution < -0.4 is 10.6 Å². The molecule has 1 fully saturated rings. The minimum absolute atomic E-state index is 0.0285. The van der Waals surface area contributed by atoms with E-state index in [1.54, 1.807) is 19.1 Å². The molecular formula is C24H26N2O3. The lowest BCUT2D eigenvalue weighted by Crippen LogP contribution is -2.39. The summed E-state index contributed by atoms with van der Waals surface area (Å²) in [5, 5.41) is 1.07. The highest BCUT2D eigenvalue weighted by molar-refractivity contribution is 6.33. The molecule has 0 unspecified atom stereocenters. The van der Waals surface area contributed by atoms with E-state index >= 15 is 0 Å². The Kier molecular flexibility index (Phi) is 6.60. The lowest BCUT2D eigenvalue weighted by Gasteiger charge is -2.32.